The fourth-order valence-electron chi connectivity index (χ4n) is 2.40. The van der Waals surface area contributed by atoms with Crippen molar-refractivity contribution in [1.82, 2.24) is 0 Å². The molecule has 0 aromatic rings. The molecule has 1 saturated heterocycles. The van der Waals surface area contributed by atoms with E-state index < -0.39 is 0 Å². The van der Waals surface area contributed by atoms with Gasteiger partial charge in [-0.25, -0.2) is 0 Å². The molecular formula is C9H14O4. The van der Waals surface area contributed by atoms with Gasteiger partial charge >= 0.3 is 5.97 Å². The van der Waals surface area contributed by atoms with Crippen LogP contribution in [0.1, 0.15) is 12.8 Å². The molecule has 1 N–H and O–H groups in total. The number of aliphatic hydroxyl groups excluding tert-OH is 1. The van der Waals surface area contributed by atoms with Crippen molar-refractivity contribution in [2.75, 3.05) is 13.7 Å². The highest BCUT2D eigenvalue weighted by Gasteiger charge is 2.49. The zero-order valence-electron chi connectivity index (χ0n) is 7.60. The predicted octanol–water partition coefficient (Wildman–Crippen LogP) is -0.0547. The first-order valence-electron chi connectivity index (χ1n) is 4.59. The van der Waals surface area contributed by atoms with Crippen molar-refractivity contribution in [3.05, 3.63) is 0 Å². The summed E-state index contributed by atoms with van der Waals surface area (Å²) in [5, 5.41) is 9.64. The van der Waals surface area contributed by atoms with E-state index in [4.69, 9.17) is 9.47 Å². The minimum atomic E-state index is -0.372. The van der Waals surface area contributed by atoms with E-state index in [0.717, 1.165) is 0 Å². The second kappa shape index (κ2) is 3.27. The minimum Gasteiger partial charge on any atom is -0.462 e. The normalized spacial score (nSPS) is 43.4. The molecule has 0 amide bonds. The highest BCUT2D eigenvalue weighted by Crippen LogP contribution is 2.41. The molecule has 2 fully saturated rings. The van der Waals surface area contributed by atoms with Gasteiger partial charge in [-0.05, 0) is 0 Å². The molecule has 2 aliphatic rings. The van der Waals surface area contributed by atoms with Crippen LogP contribution in [-0.4, -0.2) is 37.0 Å². The van der Waals surface area contributed by atoms with Gasteiger partial charge in [0, 0.05) is 25.4 Å². The summed E-state index contributed by atoms with van der Waals surface area (Å²) in [6.07, 6.45) is 0.575. The Kier molecular flexibility index (Phi) is 2.26. The van der Waals surface area contributed by atoms with E-state index in [9.17, 15) is 9.90 Å². The highest BCUT2D eigenvalue weighted by atomic mass is 16.6. The number of carbonyl (C=O) groups is 1. The lowest BCUT2D eigenvalue weighted by atomic mass is 9.93. The number of hydrogen-bond donors (Lipinski definition) is 1. The van der Waals surface area contributed by atoms with Crippen molar-refractivity contribution < 1.29 is 19.4 Å². The average molecular weight is 186 g/mol. The summed E-state index contributed by atoms with van der Waals surface area (Å²) in [6, 6.07) is 0. The second-order valence-corrected chi connectivity index (χ2v) is 3.82. The fourth-order valence-corrected chi connectivity index (χ4v) is 2.40. The third-order valence-corrected chi connectivity index (χ3v) is 3.04. The maximum absolute atomic E-state index is 11.0. The molecule has 1 saturated carbocycles. The molecule has 0 bridgehead atoms. The molecule has 4 atom stereocenters. The van der Waals surface area contributed by atoms with Crippen molar-refractivity contribution in [2.45, 2.75) is 25.0 Å². The molecule has 74 valence electrons. The van der Waals surface area contributed by atoms with Gasteiger partial charge in [-0.1, -0.05) is 0 Å². The Bertz CT molecular complexity index is 216. The maximum atomic E-state index is 11.0. The summed E-state index contributed by atoms with van der Waals surface area (Å²) in [4.78, 5) is 11.0. The summed E-state index contributed by atoms with van der Waals surface area (Å²) in [6.45, 7) is 0.513. The van der Waals surface area contributed by atoms with Gasteiger partial charge in [0.1, 0.15) is 6.10 Å². The third-order valence-electron chi connectivity index (χ3n) is 3.04. The Hall–Kier alpha value is -0.610. The standard InChI is InChI=1S/C9H14O4/c1-12-4-6-5-2-9(11)13-8(5)3-7(6)10/h5-8,10H,2-4H2,1H3. The van der Waals surface area contributed by atoms with E-state index in [1.54, 1.807) is 7.11 Å². The molecule has 2 rings (SSSR count). The zero-order chi connectivity index (χ0) is 9.42. The Morgan fingerprint density at radius 1 is 1.69 bits per heavy atom. The topological polar surface area (TPSA) is 55.8 Å². The van der Waals surface area contributed by atoms with E-state index in [-0.39, 0.29) is 30.0 Å². The van der Waals surface area contributed by atoms with Gasteiger partial charge < -0.3 is 14.6 Å². The summed E-state index contributed by atoms with van der Waals surface area (Å²) in [5.74, 6) is 0.104. The van der Waals surface area contributed by atoms with Crippen LogP contribution in [0.2, 0.25) is 0 Å². The van der Waals surface area contributed by atoms with Crippen LogP contribution in [-0.2, 0) is 14.3 Å². The molecule has 0 aromatic heterocycles. The number of esters is 1. The smallest absolute Gasteiger partial charge is 0.306 e. The quantitative estimate of drug-likeness (QED) is 0.614. The highest BCUT2D eigenvalue weighted by molar-refractivity contribution is 5.72. The van der Waals surface area contributed by atoms with Gasteiger partial charge in [0.25, 0.3) is 0 Å². The number of fused-ring (bicyclic) bond motifs is 1. The van der Waals surface area contributed by atoms with E-state index in [1.807, 2.05) is 0 Å². The summed E-state index contributed by atoms with van der Waals surface area (Å²) in [5.41, 5.74) is 0. The molecule has 1 heterocycles. The van der Waals surface area contributed by atoms with Crippen molar-refractivity contribution in [2.24, 2.45) is 11.8 Å². The van der Waals surface area contributed by atoms with Crippen LogP contribution in [0.3, 0.4) is 0 Å². The summed E-state index contributed by atoms with van der Waals surface area (Å²) in [7, 11) is 1.61. The largest absolute Gasteiger partial charge is 0.462 e. The first-order valence-corrected chi connectivity index (χ1v) is 4.59. The van der Waals surface area contributed by atoms with Gasteiger partial charge in [0.05, 0.1) is 19.1 Å². The first-order chi connectivity index (χ1) is 6.22. The third kappa shape index (κ3) is 1.44. The van der Waals surface area contributed by atoms with Crippen LogP contribution >= 0.6 is 0 Å². The number of rotatable bonds is 2. The Balaban J connectivity index is 2.05. The van der Waals surface area contributed by atoms with Crippen LogP contribution in [0.4, 0.5) is 0 Å². The molecule has 0 aromatic carbocycles. The zero-order valence-corrected chi connectivity index (χ0v) is 7.60. The van der Waals surface area contributed by atoms with Gasteiger partial charge in [0.15, 0.2) is 0 Å². The number of methoxy groups -OCH3 is 1. The van der Waals surface area contributed by atoms with Crippen LogP contribution in [0.5, 0.6) is 0 Å². The lowest BCUT2D eigenvalue weighted by Gasteiger charge is -2.17. The van der Waals surface area contributed by atoms with Crippen molar-refractivity contribution >= 4 is 5.97 Å². The first kappa shape index (κ1) is 8.97. The molecule has 1 aliphatic carbocycles. The minimum absolute atomic E-state index is 0.0670. The lowest BCUT2D eigenvalue weighted by molar-refractivity contribution is -0.141. The van der Waals surface area contributed by atoms with Crippen LogP contribution in [0.25, 0.3) is 0 Å². The lowest BCUT2D eigenvalue weighted by Crippen LogP contribution is -2.24. The average Bonchev–Trinajstić information content (AvgIpc) is 2.52. The van der Waals surface area contributed by atoms with Crippen LogP contribution < -0.4 is 0 Å². The second-order valence-electron chi connectivity index (χ2n) is 3.82. The van der Waals surface area contributed by atoms with E-state index in [2.05, 4.69) is 0 Å². The molecular weight excluding hydrogens is 172 g/mol. The maximum Gasteiger partial charge on any atom is 0.306 e. The number of hydrogen-bond acceptors (Lipinski definition) is 4. The van der Waals surface area contributed by atoms with Gasteiger partial charge in [0.2, 0.25) is 0 Å². The van der Waals surface area contributed by atoms with Crippen LogP contribution in [0, 0.1) is 11.8 Å². The van der Waals surface area contributed by atoms with Crippen molar-refractivity contribution in [3.8, 4) is 0 Å². The fraction of sp³-hybridized carbons (Fsp3) is 0.889. The number of ether oxygens (including phenoxy) is 2. The molecule has 4 heteroatoms. The Morgan fingerprint density at radius 2 is 2.46 bits per heavy atom. The van der Waals surface area contributed by atoms with Gasteiger partial charge in [-0.3, -0.25) is 4.79 Å². The van der Waals surface area contributed by atoms with Crippen molar-refractivity contribution in [3.63, 3.8) is 0 Å². The Morgan fingerprint density at radius 3 is 3.15 bits per heavy atom. The van der Waals surface area contributed by atoms with Gasteiger partial charge in [-0.15, -0.1) is 0 Å². The molecule has 4 nitrogen and oxygen atoms in total. The van der Waals surface area contributed by atoms with E-state index >= 15 is 0 Å². The predicted molar refractivity (Wildman–Crippen MR) is 44.0 cm³/mol. The number of carbonyl (C=O) groups excluding carboxylic acids is 1. The monoisotopic (exact) mass is 186 g/mol. The van der Waals surface area contributed by atoms with Crippen molar-refractivity contribution in [1.29, 1.82) is 0 Å². The SMILES string of the molecule is COCC1C(O)CC2OC(=O)CC21. The van der Waals surface area contributed by atoms with E-state index in [0.29, 0.717) is 19.4 Å². The molecule has 4 unspecified atom stereocenters. The van der Waals surface area contributed by atoms with Gasteiger partial charge in [-0.2, -0.15) is 0 Å². The number of aliphatic hydroxyl groups is 1. The van der Waals surface area contributed by atoms with E-state index in [1.165, 1.54) is 0 Å². The van der Waals surface area contributed by atoms with Crippen LogP contribution in [0.15, 0.2) is 0 Å². The molecule has 0 radical (unpaired) electrons. The summed E-state index contributed by atoms with van der Waals surface area (Å²) < 4.78 is 10.1. The summed E-state index contributed by atoms with van der Waals surface area (Å²) >= 11 is 0. The Labute approximate surface area is 76.8 Å². The molecule has 1 aliphatic heterocycles. The molecule has 0 spiro atoms. The molecule has 13 heavy (non-hydrogen) atoms.